The van der Waals surface area contributed by atoms with Gasteiger partial charge in [-0.15, -0.1) is 21.5 Å². The smallest absolute Gasteiger partial charge is 0.252 e. The number of halogens is 1. The molecule has 0 aliphatic heterocycles. The minimum absolute atomic E-state index is 0.161. The van der Waals surface area contributed by atoms with Crippen LogP contribution in [0.4, 0.5) is 5.13 Å². The van der Waals surface area contributed by atoms with E-state index in [4.69, 9.17) is 0 Å². The van der Waals surface area contributed by atoms with Gasteiger partial charge in [-0.05, 0) is 35.0 Å². The average molecular weight is 481 g/mol. The van der Waals surface area contributed by atoms with Gasteiger partial charge in [0.2, 0.25) is 5.91 Å². The van der Waals surface area contributed by atoms with Crippen molar-refractivity contribution in [3.05, 3.63) is 51.2 Å². The molecule has 2 heterocycles. The highest BCUT2D eigenvalue weighted by molar-refractivity contribution is 9.10. The fourth-order valence-electron chi connectivity index (χ4n) is 2.22. The van der Waals surface area contributed by atoms with Crippen LogP contribution in [0.3, 0.4) is 0 Å². The minimum atomic E-state index is -0.206. The van der Waals surface area contributed by atoms with Crippen molar-refractivity contribution in [1.82, 2.24) is 25.1 Å². The molecule has 2 amide bonds. The molecule has 2 aromatic heterocycles. The molecule has 0 atom stereocenters. The Bertz CT molecular complexity index is 1000. The summed E-state index contributed by atoms with van der Waals surface area (Å²) in [5, 5.41) is 16.8. The molecule has 0 aliphatic carbocycles. The van der Waals surface area contributed by atoms with Gasteiger partial charge in [0.1, 0.15) is 0 Å². The number of amides is 2. The zero-order valence-corrected chi connectivity index (χ0v) is 18.3. The molecule has 28 heavy (non-hydrogen) atoms. The number of nitrogens with one attached hydrogen (secondary N) is 2. The fraction of sp³-hybridized carbons (Fsp3) is 0.235. The van der Waals surface area contributed by atoms with Gasteiger partial charge < -0.3 is 15.2 Å². The molecule has 11 heteroatoms. The van der Waals surface area contributed by atoms with E-state index >= 15 is 0 Å². The second kappa shape index (κ2) is 9.30. The zero-order chi connectivity index (χ0) is 20.1. The lowest BCUT2D eigenvalue weighted by Gasteiger charge is -2.07. The fourth-order valence-corrected chi connectivity index (χ4v) is 4.12. The number of nitrogens with zero attached hydrogens (tertiary/aromatic N) is 4. The third-order valence-electron chi connectivity index (χ3n) is 3.65. The minimum Gasteiger partial charge on any atom is -0.345 e. The van der Waals surface area contributed by atoms with Crippen molar-refractivity contribution >= 4 is 56.0 Å². The van der Waals surface area contributed by atoms with E-state index in [9.17, 15) is 9.59 Å². The molecule has 1 aromatic carbocycles. The van der Waals surface area contributed by atoms with Gasteiger partial charge in [0.05, 0.1) is 23.6 Å². The maximum absolute atomic E-state index is 12.3. The van der Waals surface area contributed by atoms with E-state index in [0.29, 0.717) is 21.7 Å². The summed E-state index contributed by atoms with van der Waals surface area (Å²) in [6, 6.07) is 7.19. The van der Waals surface area contributed by atoms with Gasteiger partial charge in [-0.3, -0.25) is 9.59 Å². The zero-order valence-electron chi connectivity index (χ0n) is 15.1. The van der Waals surface area contributed by atoms with Crippen LogP contribution < -0.4 is 10.6 Å². The number of anilines is 1. The molecule has 0 spiro atoms. The number of aryl methyl sites for hydroxylation is 1. The van der Waals surface area contributed by atoms with E-state index in [1.54, 1.807) is 23.7 Å². The van der Waals surface area contributed by atoms with Gasteiger partial charge in [-0.1, -0.05) is 23.9 Å². The van der Waals surface area contributed by atoms with Gasteiger partial charge in [0.15, 0.2) is 16.1 Å². The average Bonchev–Trinajstić information content (AvgIpc) is 3.23. The number of rotatable bonds is 7. The van der Waals surface area contributed by atoms with Gasteiger partial charge in [0, 0.05) is 16.9 Å². The summed E-state index contributed by atoms with van der Waals surface area (Å²) in [7, 11) is 1.80. The summed E-state index contributed by atoms with van der Waals surface area (Å²) in [5.41, 5.74) is 1.42. The van der Waals surface area contributed by atoms with Crippen LogP contribution >= 0.6 is 39.0 Å². The van der Waals surface area contributed by atoms with Crippen LogP contribution in [0.2, 0.25) is 0 Å². The van der Waals surface area contributed by atoms with Crippen LogP contribution in [0.15, 0.2) is 39.3 Å². The summed E-state index contributed by atoms with van der Waals surface area (Å²) in [5.74, 6) is 0.418. The van der Waals surface area contributed by atoms with E-state index in [-0.39, 0.29) is 24.1 Å². The largest absolute Gasteiger partial charge is 0.345 e. The second-order valence-electron chi connectivity index (χ2n) is 5.75. The molecule has 146 valence electrons. The highest BCUT2D eigenvalue weighted by atomic mass is 79.9. The van der Waals surface area contributed by atoms with Crippen molar-refractivity contribution in [1.29, 1.82) is 0 Å². The molecular weight excluding hydrogens is 464 g/mol. The number of thioether (sulfide) groups is 1. The summed E-state index contributed by atoms with van der Waals surface area (Å²) in [4.78, 5) is 28.5. The van der Waals surface area contributed by atoms with Crippen molar-refractivity contribution in [3.8, 4) is 0 Å². The Balaban J connectivity index is 1.52. The van der Waals surface area contributed by atoms with E-state index < -0.39 is 0 Å². The molecule has 0 saturated carbocycles. The predicted octanol–water partition coefficient (Wildman–Crippen LogP) is 3.00. The van der Waals surface area contributed by atoms with Crippen LogP contribution in [-0.4, -0.2) is 37.3 Å². The number of hydrogen-bond donors (Lipinski definition) is 2. The Morgan fingerprint density at radius 1 is 1.29 bits per heavy atom. The molecule has 0 radical (unpaired) electrons. The lowest BCUT2D eigenvalue weighted by Crippen LogP contribution is -2.24. The molecule has 0 saturated heterocycles. The number of thiazole rings is 1. The van der Waals surface area contributed by atoms with Gasteiger partial charge in [-0.25, -0.2) is 4.98 Å². The van der Waals surface area contributed by atoms with E-state index in [0.717, 1.165) is 10.2 Å². The molecule has 2 N–H and O–H groups in total. The van der Waals surface area contributed by atoms with Crippen molar-refractivity contribution in [3.63, 3.8) is 0 Å². The monoisotopic (exact) mass is 480 g/mol. The number of carbonyl (C=O) groups is 2. The molecular formula is C17H17BrN6O2S2. The lowest BCUT2D eigenvalue weighted by molar-refractivity contribution is -0.113. The number of aromatic nitrogens is 4. The van der Waals surface area contributed by atoms with Gasteiger partial charge in [0.25, 0.3) is 5.91 Å². The predicted molar refractivity (Wildman–Crippen MR) is 113 cm³/mol. The first kappa shape index (κ1) is 20.5. The first-order chi connectivity index (χ1) is 13.4. The third kappa shape index (κ3) is 5.18. The standard InChI is InChI=1S/C17H17BrN6O2S2/c1-10-8-27-16(20-10)21-14(25)9-28-17-23-22-13(24(17)2)7-19-15(26)11-5-3-4-6-12(11)18/h3-6,8H,7,9H2,1-2H3,(H,19,26)(H,20,21,25). The Kier molecular flexibility index (Phi) is 6.81. The number of carbonyl (C=O) groups excluding carboxylic acids is 2. The van der Waals surface area contributed by atoms with Gasteiger partial charge in [-0.2, -0.15) is 0 Å². The van der Waals surface area contributed by atoms with Crippen LogP contribution in [0, 0.1) is 6.92 Å². The lowest BCUT2D eigenvalue weighted by atomic mass is 10.2. The summed E-state index contributed by atoms with van der Waals surface area (Å²) in [6.45, 7) is 2.10. The highest BCUT2D eigenvalue weighted by Gasteiger charge is 2.14. The van der Waals surface area contributed by atoms with Crippen molar-refractivity contribution in [2.24, 2.45) is 7.05 Å². The summed E-state index contributed by atoms with van der Waals surface area (Å²) < 4.78 is 2.48. The van der Waals surface area contributed by atoms with Crippen LogP contribution in [0.5, 0.6) is 0 Å². The number of hydrogen-bond acceptors (Lipinski definition) is 7. The molecule has 0 aliphatic rings. The van der Waals surface area contributed by atoms with E-state index in [2.05, 4.69) is 41.7 Å². The quantitative estimate of drug-likeness (QED) is 0.503. The summed E-state index contributed by atoms with van der Waals surface area (Å²) >= 11 is 6.02. The molecule has 8 nitrogen and oxygen atoms in total. The van der Waals surface area contributed by atoms with Crippen LogP contribution in [0.25, 0.3) is 0 Å². The first-order valence-corrected chi connectivity index (χ1v) is 10.9. The maximum atomic E-state index is 12.3. The highest BCUT2D eigenvalue weighted by Crippen LogP contribution is 2.19. The molecule has 0 unspecified atom stereocenters. The Hall–Kier alpha value is -2.24. The molecule has 0 fully saturated rings. The molecule has 3 aromatic rings. The van der Waals surface area contributed by atoms with E-state index in [1.165, 1.54) is 23.1 Å². The van der Waals surface area contributed by atoms with Crippen LogP contribution in [-0.2, 0) is 18.4 Å². The first-order valence-electron chi connectivity index (χ1n) is 8.20. The third-order valence-corrected chi connectivity index (χ3v) is 6.24. The normalized spacial score (nSPS) is 10.7. The van der Waals surface area contributed by atoms with E-state index in [1.807, 2.05) is 24.4 Å². The SMILES string of the molecule is Cc1csc(NC(=O)CSc2nnc(CNC(=O)c3ccccc3Br)n2C)n1. The van der Waals surface area contributed by atoms with Crippen molar-refractivity contribution in [2.45, 2.75) is 18.6 Å². The van der Waals surface area contributed by atoms with Crippen LogP contribution in [0.1, 0.15) is 21.9 Å². The van der Waals surface area contributed by atoms with Gasteiger partial charge >= 0.3 is 0 Å². The van der Waals surface area contributed by atoms with Crippen molar-refractivity contribution in [2.75, 3.05) is 11.1 Å². The molecule has 0 bridgehead atoms. The maximum Gasteiger partial charge on any atom is 0.252 e. The summed E-state index contributed by atoms with van der Waals surface area (Å²) in [6.07, 6.45) is 0. The number of benzene rings is 1. The van der Waals surface area contributed by atoms with Crippen molar-refractivity contribution < 1.29 is 9.59 Å². The Labute approximate surface area is 178 Å². The second-order valence-corrected chi connectivity index (χ2v) is 8.41. The topological polar surface area (TPSA) is 102 Å². The molecule has 3 rings (SSSR count). The Morgan fingerprint density at radius 3 is 2.79 bits per heavy atom. The Morgan fingerprint density at radius 2 is 2.07 bits per heavy atom.